The van der Waals surface area contributed by atoms with Crippen LogP contribution in [0, 0.1) is 11.3 Å². The minimum atomic E-state index is -0.933. The molecule has 1 fully saturated rings. The zero-order chi connectivity index (χ0) is 17.5. The van der Waals surface area contributed by atoms with Gasteiger partial charge in [0, 0.05) is 13.0 Å². The van der Waals surface area contributed by atoms with Crippen LogP contribution in [0.1, 0.15) is 33.1 Å². The SMILES string of the molecule is C=CCO[N-]CCCC=C1C(=O)CC(C)(C)C(C(=O)OC)C1=O.[Na+]. The zero-order valence-electron chi connectivity index (χ0n) is 15.0. The number of esters is 1. The number of carbonyl (C=O) groups excluding carboxylic acids is 3. The average molecular weight is 345 g/mol. The molecule has 1 aliphatic rings. The number of methoxy groups -OCH3 is 1. The number of unbranched alkanes of at least 4 members (excludes halogenated alkanes) is 1. The predicted molar refractivity (Wildman–Crippen MR) is 85.6 cm³/mol. The van der Waals surface area contributed by atoms with Crippen LogP contribution in [0.15, 0.2) is 24.3 Å². The minimum Gasteiger partial charge on any atom is -0.534 e. The van der Waals surface area contributed by atoms with Crippen molar-refractivity contribution >= 4 is 17.5 Å². The molecule has 0 saturated heterocycles. The van der Waals surface area contributed by atoms with E-state index < -0.39 is 23.1 Å². The first-order valence-corrected chi connectivity index (χ1v) is 7.60. The standard InChI is InChI=1S/C17H24NO5.Na/c1-5-10-23-18-9-7-6-8-12-13(19)11-17(2,3)14(15(12)20)16(21)22-4;/h5,8,14H,1,6-7,9-11H2,2-4H3;/q-1;+1. The normalized spacial score (nSPS) is 21.3. The van der Waals surface area contributed by atoms with Crippen LogP contribution >= 0.6 is 0 Å². The minimum absolute atomic E-state index is 0. The number of Topliss-reactive ketones (excluding diaryl/α,β-unsaturated/α-hetero) is 2. The molecular weight excluding hydrogens is 321 g/mol. The number of ether oxygens (including phenoxy) is 1. The molecule has 0 aromatic rings. The summed E-state index contributed by atoms with van der Waals surface area (Å²) in [5.74, 6) is -2.19. The maximum Gasteiger partial charge on any atom is 1.00 e. The van der Waals surface area contributed by atoms with Crippen molar-refractivity contribution in [2.24, 2.45) is 11.3 Å². The van der Waals surface area contributed by atoms with Gasteiger partial charge in [-0.15, -0.1) is 13.1 Å². The molecular formula is C17H24NNaO5. The fraction of sp³-hybridized carbons (Fsp3) is 0.588. The van der Waals surface area contributed by atoms with Gasteiger partial charge in [0.1, 0.15) is 5.92 Å². The fourth-order valence-electron chi connectivity index (χ4n) is 2.59. The van der Waals surface area contributed by atoms with Crippen molar-refractivity contribution in [3.05, 3.63) is 29.8 Å². The molecule has 7 heteroatoms. The Balaban J connectivity index is 0.00000529. The third kappa shape index (κ3) is 6.26. The van der Waals surface area contributed by atoms with Crippen molar-refractivity contribution in [2.45, 2.75) is 33.1 Å². The van der Waals surface area contributed by atoms with Gasteiger partial charge >= 0.3 is 35.5 Å². The fourth-order valence-corrected chi connectivity index (χ4v) is 2.59. The van der Waals surface area contributed by atoms with Crippen LogP contribution in [-0.4, -0.2) is 37.8 Å². The van der Waals surface area contributed by atoms with E-state index in [2.05, 4.69) is 12.1 Å². The summed E-state index contributed by atoms with van der Waals surface area (Å²) >= 11 is 0. The van der Waals surface area contributed by atoms with Crippen molar-refractivity contribution < 1.29 is 53.5 Å². The third-order valence-electron chi connectivity index (χ3n) is 3.75. The quantitative estimate of drug-likeness (QED) is 0.0869. The summed E-state index contributed by atoms with van der Waals surface area (Å²) < 4.78 is 4.72. The second-order valence-corrected chi connectivity index (χ2v) is 6.11. The van der Waals surface area contributed by atoms with E-state index in [-0.39, 0.29) is 47.3 Å². The maximum absolute atomic E-state index is 12.5. The van der Waals surface area contributed by atoms with Gasteiger partial charge in [0.25, 0.3) is 0 Å². The van der Waals surface area contributed by atoms with Crippen molar-refractivity contribution in [1.29, 1.82) is 0 Å². The third-order valence-corrected chi connectivity index (χ3v) is 3.75. The number of hydroxylamine groups is 1. The number of nitrogens with zero attached hydrogens (tertiary/aromatic N) is 1. The molecule has 0 radical (unpaired) electrons. The van der Waals surface area contributed by atoms with E-state index in [1.807, 2.05) is 0 Å². The summed E-state index contributed by atoms with van der Waals surface area (Å²) in [5.41, 5.74) is 3.19. The second-order valence-electron chi connectivity index (χ2n) is 6.11. The molecule has 0 bridgehead atoms. The molecule has 1 rings (SSSR count). The largest absolute Gasteiger partial charge is 1.00 e. The Labute approximate surface area is 165 Å². The molecule has 1 saturated carbocycles. The first kappa shape index (κ1) is 23.2. The summed E-state index contributed by atoms with van der Waals surface area (Å²) in [5, 5.41) is 0. The van der Waals surface area contributed by atoms with E-state index in [0.29, 0.717) is 26.0 Å². The number of allylic oxidation sites excluding steroid dienone is 2. The van der Waals surface area contributed by atoms with Gasteiger partial charge in [0.15, 0.2) is 11.6 Å². The summed E-state index contributed by atoms with van der Waals surface area (Å²) in [6.45, 7) is 7.79. The van der Waals surface area contributed by atoms with Gasteiger partial charge in [0.05, 0.1) is 12.7 Å². The van der Waals surface area contributed by atoms with Gasteiger partial charge < -0.3 is 15.1 Å². The number of carbonyl (C=O) groups is 3. The van der Waals surface area contributed by atoms with Crippen molar-refractivity contribution in [2.75, 3.05) is 20.3 Å². The molecule has 6 nitrogen and oxygen atoms in total. The van der Waals surface area contributed by atoms with Gasteiger partial charge in [-0.25, -0.2) is 0 Å². The van der Waals surface area contributed by atoms with Crippen LogP contribution in [0.5, 0.6) is 0 Å². The first-order valence-electron chi connectivity index (χ1n) is 7.60. The van der Waals surface area contributed by atoms with Gasteiger partial charge in [-0.2, -0.15) is 0 Å². The van der Waals surface area contributed by atoms with Crippen LogP contribution in [0.3, 0.4) is 0 Å². The molecule has 0 spiro atoms. The van der Waals surface area contributed by atoms with E-state index in [1.165, 1.54) is 7.11 Å². The summed E-state index contributed by atoms with van der Waals surface area (Å²) in [7, 11) is 1.25. The molecule has 24 heavy (non-hydrogen) atoms. The first-order chi connectivity index (χ1) is 10.8. The van der Waals surface area contributed by atoms with E-state index in [4.69, 9.17) is 9.57 Å². The summed E-state index contributed by atoms with van der Waals surface area (Å²) in [6, 6.07) is 0. The maximum atomic E-state index is 12.5. The van der Waals surface area contributed by atoms with Gasteiger partial charge in [0.2, 0.25) is 0 Å². The molecule has 0 aliphatic heterocycles. The molecule has 1 atom stereocenters. The summed E-state index contributed by atoms with van der Waals surface area (Å²) in [4.78, 5) is 41.5. The van der Waals surface area contributed by atoms with Crippen molar-refractivity contribution in [3.8, 4) is 0 Å². The van der Waals surface area contributed by atoms with E-state index in [1.54, 1.807) is 26.0 Å². The van der Waals surface area contributed by atoms with Crippen LogP contribution in [0.2, 0.25) is 0 Å². The molecule has 1 unspecified atom stereocenters. The Bertz CT molecular complexity index is 513. The molecule has 0 amide bonds. The Morgan fingerprint density at radius 3 is 2.67 bits per heavy atom. The van der Waals surface area contributed by atoms with Crippen molar-refractivity contribution in [3.63, 3.8) is 0 Å². The molecule has 0 aromatic heterocycles. The van der Waals surface area contributed by atoms with Gasteiger partial charge in [-0.1, -0.05) is 32.4 Å². The molecule has 0 N–H and O–H groups in total. The number of hydrogen-bond acceptors (Lipinski definition) is 5. The molecule has 1 aliphatic carbocycles. The number of hydrogen-bond donors (Lipinski definition) is 0. The van der Waals surface area contributed by atoms with Crippen LogP contribution in [0.25, 0.3) is 5.48 Å². The molecule has 0 heterocycles. The predicted octanol–water partition coefficient (Wildman–Crippen LogP) is -0.454. The average Bonchev–Trinajstić information content (AvgIpc) is 2.47. The van der Waals surface area contributed by atoms with E-state index >= 15 is 0 Å². The Kier molecular flexibility index (Phi) is 10.6. The molecule has 0 aromatic carbocycles. The van der Waals surface area contributed by atoms with Crippen molar-refractivity contribution in [1.82, 2.24) is 0 Å². The summed E-state index contributed by atoms with van der Waals surface area (Å²) in [6.07, 6.45) is 4.51. The Morgan fingerprint density at radius 1 is 1.42 bits per heavy atom. The molecule has 128 valence electrons. The van der Waals surface area contributed by atoms with Crippen LogP contribution < -0.4 is 29.6 Å². The van der Waals surface area contributed by atoms with E-state index in [0.717, 1.165) is 0 Å². The van der Waals surface area contributed by atoms with Crippen LogP contribution in [-0.2, 0) is 24.0 Å². The van der Waals surface area contributed by atoms with Gasteiger partial charge in [-0.05, 0) is 11.8 Å². The van der Waals surface area contributed by atoms with E-state index in [9.17, 15) is 14.4 Å². The number of ketones is 2. The van der Waals surface area contributed by atoms with Crippen LogP contribution in [0.4, 0.5) is 0 Å². The van der Waals surface area contributed by atoms with Gasteiger partial charge in [-0.3, -0.25) is 14.4 Å². The monoisotopic (exact) mass is 345 g/mol. The Hall–Kier alpha value is -0.790. The smallest absolute Gasteiger partial charge is 0.534 e. The second kappa shape index (κ2) is 10.9. The number of rotatable bonds is 8. The zero-order valence-corrected chi connectivity index (χ0v) is 17.0. The topological polar surface area (TPSA) is 83.8 Å². The Morgan fingerprint density at radius 2 is 2.08 bits per heavy atom.